The summed E-state index contributed by atoms with van der Waals surface area (Å²) in [5.74, 6) is 0.618. The summed E-state index contributed by atoms with van der Waals surface area (Å²) < 4.78 is 12.5. The summed E-state index contributed by atoms with van der Waals surface area (Å²) in [5, 5.41) is 9.34. The fourth-order valence-corrected chi connectivity index (χ4v) is 2.86. The van der Waals surface area contributed by atoms with E-state index in [-0.39, 0.29) is 0 Å². The number of aliphatic carboxylic acids is 1. The number of carboxylic acids is 1. The van der Waals surface area contributed by atoms with Crippen LogP contribution in [-0.2, 0) is 11.3 Å². The summed E-state index contributed by atoms with van der Waals surface area (Å²) >= 11 is 0. The van der Waals surface area contributed by atoms with Gasteiger partial charge >= 0.3 is 5.97 Å². The molecule has 1 aromatic carbocycles. The highest BCUT2D eigenvalue weighted by Crippen LogP contribution is 2.35. The largest absolute Gasteiger partial charge is 0.497 e. The van der Waals surface area contributed by atoms with Crippen LogP contribution in [0, 0.1) is 0 Å². The average Bonchev–Trinajstić information content (AvgIpc) is 2.97. The van der Waals surface area contributed by atoms with E-state index < -0.39 is 11.9 Å². The molecule has 3 rings (SSSR count). The van der Waals surface area contributed by atoms with Crippen LogP contribution >= 0.6 is 0 Å². The maximum atomic E-state index is 11.4. The van der Waals surface area contributed by atoms with Gasteiger partial charge in [-0.25, -0.2) is 4.98 Å². The van der Waals surface area contributed by atoms with Crippen LogP contribution in [0.4, 0.5) is 0 Å². The van der Waals surface area contributed by atoms with Crippen molar-refractivity contribution in [3.8, 4) is 22.8 Å². The number of hydrogen-bond acceptors (Lipinski definition) is 4. The van der Waals surface area contributed by atoms with Crippen LogP contribution in [0.2, 0.25) is 0 Å². The minimum atomic E-state index is -0.820. The molecule has 0 radical (unpaired) electrons. The van der Waals surface area contributed by atoms with E-state index in [1.807, 2.05) is 22.9 Å². The van der Waals surface area contributed by atoms with Crippen molar-refractivity contribution < 1.29 is 19.4 Å². The van der Waals surface area contributed by atoms with E-state index in [2.05, 4.69) is 4.98 Å². The van der Waals surface area contributed by atoms with E-state index in [4.69, 9.17) is 9.47 Å². The molecule has 1 N–H and O–H groups in total. The average molecular weight is 302 g/mol. The van der Waals surface area contributed by atoms with E-state index in [0.717, 1.165) is 24.2 Å². The van der Waals surface area contributed by atoms with Gasteiger partial charge in [0.25, 0.3) is 0 Å². The van der Waals surface area contributed by atoms with E-state index in [1.54, 1.807) is 20.3 Å². The Morgan fingerprint density at radius 2 is 2.18 bits per heavy atom. The molecule has 1 aliphatic rings. The molecule has 1 aliphatic heterocycles. The van der Waals surface area contributed by atoms with Crippen LogP contribution < -0.4 is 9.47 Å². The molecule has 1 aromatic heterocycles. The van der Waals surface area contributed by atoms with Gasteiger partial charge in [-0.2, -0.15) is 0 Å². The zero-order chi connectivity index (χ0) is 15.7. The second kappa shape index (κ2) is 5.71. The highest BCUT2D eigenvalue weighted by Gasteiger charge is 2.29. The SMILES string of the molecule is COc1ccc(-c2cn3c(n2)C(C(=O)O)CCC3)c(OC)c1. The molecule has 0 bridgehead atoms. The summed E-state index contributed by atoms with van der Waals surface area (Å²) in [4.78, 5) is 15.9. The molecule has 0 aliphatic carbocycles. The number of ether oxygens (including phenoxy) is 2. The molecule has 1 atom stereocenters. The molecular weight excluding hydrogens is 284 g/mol. The highest BCUT2D eigenvalue weighted by molar-refractivity contribution is 5.76. The summed E-state index contributed by atoms with van der Waals surface area (Å²) in [6.45, 7) is 0.796. The lowest BCUT2D eigenvalue weighted by atomic mass is 9.99. The fourth-order valence-electron chi connectivity index (χ4n) is 2.86. The number of methoxy groups -OCH3 is 2. The standard InChI is InChI=1S/C16H18N2O4/c1-21-10-5-6-11(14(8-10)22-2)13-9-18-7-3-4-12(16(19)20)15(18)17-13/h5-6,8-9,12H,3-4,7H2,1-2H3,(H,19,20). The van der Waals surface area contributed by atoms with E-state index in [9.17, 15) is 9.90 Å². The van der Waals surface area contributed by atoms with Gasteiger partial charge in [0.05, 0.1) is 19.9 Å². The number of aryl methyl sites for hydroxylation is 1. The summed E-state index contributed by atoms with van der Waals surface area (Å²) in [7, 11) is 3.19. The van der Waals surface area contributed by atoms with Gasteiger partial charge in [-0.15, -0.1) is 0 Å². The third-order valence-corrected chi connectivity index (χ3v) is 3.99. The van der Waals surface area contributed by atoms with Gasteiger partial charge in [0.1, 0.15) is 23.2 Å². The fraction of sp³-hybridized carbons (Fsp3) is 0.375. The first-order chi connectivity index (χ1) is 10.6. The molecule has 0 spiro atoms. The minimum Gasteiger partial charge on any atom is -0.497 e. The van der Waals surface area contributed by atoms with Crippen LogP contribution in [0.3, 0.4) is 0 Å². The van der Waals surface area contributed by atoms with E-state index >= 15 is 0 Å². The van der Waals surface area contributed by atoms with Crippen molar-refractivity contribution in [2.45, 2.75) is 25.3 Å². The molecule has 0 saturated heterocycles. The molecule has 2 aromatic rings. The van der Waals surface area contributed by atoms with Gasteiger partial charge in [0.15, 0.2) is 0 Å². The lowest BCUT2D eigenvalue weighted by Gasteiger charge is -2.19. The molecule has 0 amide bonds. The maximum Gasteiger partial charge on any atom is 0.314 e. The molecule has 22 heavy (non-hydrogen) atoms. The summed E-state index contributed by atoms with van der Waals surface area (Å²) in [6.07, 6.45) is 3.37. The third-order valence-electron chi connectivity index (χ3n) is 3.99. The Morgan fingerprint density at radius 3 is 2.86 bits per heavy atom. The molecule has 0 saturated carbocycles. The second-order valence-electron chi connectivity index (χ2n) is 5.28. The monoisotopic (exact) mass is 302 g/mol. The van der Waals surface area contributed by atoms with Gasteiger partial charge in [-0.1, -0.05) is 0 Å². The number of nitrogens with zero attached hydrogens (tertiary/aromatic N) is 2. The lowest BCUT2D eigenvalue weighted by Crippen LogP contribution is -2.21. The predicted molar refractivity (Wildman–Crippen MR) is 80.4 cm³/mol. The van der Waals surface area contributed by atoms with Crippen molar-refractivity contribution in [2.24, 2.45) is 0 Å². The number of carbonyl (C=O) groups is 1. The molecule has 0 fully saturated rings. The number of aromatic nitrogens is 2. The van der Waals surface area contributed by atoms with Gasteiger partial charge < -0.3 is 19.1 Å². The Labute approximate surface area is 128 Å². The van der Waals surface area contributed by atoms with Crippen LogP contribution in [0.25, 0.3) is 11.3 Å². The minimum absolute atomic E-state index is 0.535. The number of rotatable bonds is 4. The summed E-state index contributed by atoms with van der Waals surface area (Å²) in [5.41, 5.74) is 1.55. The van der Waals surface area contributed by atoms with Crippen molar-refractivity contribution in [2.75, 3.05) is 14.2 Å². The van der Waals surface area contributed by atoms with E-state index in [1.165, 1.54) is 0 Å². The first-order valence-corrected chi connectivity index (χ1v) is 7.16. The number of carboxylic acid groups (broad SMARTS) is 1. The lowest BCUT2D eigenvalue weighted by molar-refractivity contribution is -0.139. The van der Waals surface area contributed by atoms with Gasteiger partial charge in [-0.05, 0) is 25.0 Å². The number of hydrogen-bond donors (Lipinski definition) is 1. The topological polar surface area (TPSA) is 73.6 Å². The molecular formula is C16H18N2O4. The Balaban J connectivity index is 2.05. The Hall–Kier alpha value is -2.50. The number of benzene rings is 1. The molecule has 6 heteroatoms. The van der Waals surface area contributed by atoms with Gasteiger partial charge in [0.2, 0.25) is 0 Å². The van der Waals surface area contributed by atoms with Crippen molar-refractivity contribution in [1.29, 1.82) is 0 Å². The molecule has 1 unspecified atom stereocenters. The predicted octanol–water partition coefficient (Wildman–Crippen LogP) is 2.53. The number of fused-ring (bicyclic) bond motifs is 1. The quantitative estimate of drug-likeness (QED) is 0.939. The highest BCUT2D eigenvalue weighted by atomic mass is 16.5. The Bertz CT molecular complexity index is 708. The van der Waals surface area contributed by atoms with Crippen molar-refractivity contribution in [3.63, 3.8) is 0 Å². The van der Waals surface area contributed by atoms with Crippen LogP contribution in [0.15, 0.2) is 24.4 Å². The maximum absolute atomic E-state index is 11.4. The third kappa shape index (κ3) is 2.41. The smallest absolute Gasteiger partial charge is 0.314 e. The van der Waals surface area contributed by atoms with Crippen LogP contribution in [-0.4, -0.2) is 34.8 Å². The van der Waals surface area contributed by atoms with E-state index in [0.29, 0.717) is 23.7 Å². The zero-order valence-electron chi connectivity index (χ0n) is 12.6. The number of imidazole rings is 1. The van der Waals surface area contributed by atoms with Crippen LogP contribution in [0.1, 0.15) is 24.6 Å². The molecule has 6 nitrogen and oxygen atoms in total. The van der Waals surface area contributed by atoms with Crippen molar-refractivity contribution in [3.05, 3.63) is 30.2 Å². The van der Waals surface area contributed by atoms with Gasteiger partial charge in [0, 0.05) is 24.4 Å². The van der Waals surface area contributed by atoms with Gasteiger partial charge in [-0.3, -0.25) is 4.79 Å². The Kier molecular flexibility index (Phi) is 3.75. The first kappa shape index (κ1) is 14.4. The summed E-state index contributed by atoms with van der Waals surface area (Å²) in [6, 6.07) is 5.51. The van der Waals surface area contributed by atoms with Crippen LogP contribution in [0.5, 0.6) is 11.5 Å². The molecule has 116 valence electrons. The normalized spacial score (nSPS) is 16.9. The molecule has 2 heterocycles. The second-order valence-corrected chi connectivity index (χ2v) is 5.28. The first-order valence-electron chi connectivity index (χ1n) is 7.16. The van der Waals surface area contributed by atoms with Crippen molar-refractivity contribution >= 4 is 5.97 Å². The Morgan fingerprint density at radius 1 is 1.36 bits per heavy atom. The zero-order valence-corrected chi connectivity index (χ0v) is 12.6. The van der Waals surface area contributed by atoms with Crippen molar-refractivity contribution in [1.82, 2.24) is 9.55 Å².